The molecule has 0 spiro atoms. The van der Waals surface area contributed by atoms with Gasteiger partial charge in [-0.15, -0.1) is 0 Å². The molecule has 0 radical (unpaired) electrons. The Bertz CT molecular complexity index is 1560. The van der Waals surface area contributed by atoms with Crippen molar-refractivity contribution < 1.29 is 40.2 Å². The van der Waals surface area contributed by atoms with Crippen LogP contribution in [-0.4, -0.2) is 41.3 Å². The van der Waals surface area contributed by atoms with Crippen LogP contribution in [0.2, 0.25) is 0 Å². The fourth-order valence-electron chi connectivity index (χ4n) is 4.26. The minimum Gasteiger partial charge on any atom is -0.329 e. The molecule has 10 nitrogen and oxygen atoms in total. The summed E-state index contributed by atoms with van der Waals surface area (Å²) in [6.07, 6.45) is -6.76. The molecule has 0 aliphatic rings. The molecule has 1 amide bonds. The third-order valence-electron chi connectivity index (χ3n) is 6.45. The molecule has 3 aromatic heterocycles. The molecular formula is C26H19F6N7O3. The molecule has 0 saturated carbocycles. The van der Waals surface area contributed by atoms with Crippen LogP contribution in [-0.2, 0) is 12.4 Å². The smallest absolute Gasteiger partial charge is 0.329 e. The average Bonchev–Trinajstić information content (AvgIpc) is 3.74. The molecule has 1 N–H and O–H groups in total. The van der Waals surface area contributed by atoms with E-state index in [2.05, 4.69) is 39.5 Å². The molecule has 5 rings (SSSR count). The van der Waals surface area contributed by atoms with Crippen LogP contribution in [0.1, 0.15) is 59.2 Å². The zero-order chi connectivity index (χ0) is 30.2. The van der Waals surface area contributed by atoms with Gasteiger partial charge in [-0.1, -0.05) is 58.8 Å². The number of amides is 1. The number of aromatic amines is 1. The topological polar surface area (TPSA) is 127 Å². The van der Waals surface area contributed by atoms with Gasteiger partial charge in [0.05, 0.1) is 23.8 Å². The first kappa shape index (κ1) is 28.5. The Kier molecular flexibility index (Phi) is 7.30. The van der Waals surface area contributed by atoms with Crippen LogP contribution in [0.5, 0.6) is 0 Å². The summed E-state index contributed by atoms with van der Waals surface area (Å²) in [6, 6.07) is 11.4. The Morgan fingerprint density at radius 2 is 1.19 bits per heavy atom. The van der Waals surface area contributed by atoms with Crippen LogP contribution >= 0.6 is 0 Å². The summed E-state index contributed by atoms with van der Waals surface area (Å²) in [6.45, 7) is 3.54. The van der Waals surface area contributed by atoms with Crippen molar-refractivity contribution >= 4 is 5.91 Å². The van der Waals surface area contributed by atoms with E-state index in [9.17, 15) is 31.1 Å². The summed E-state index contributed by atoms with van der Waals surface area (Å²) in [5.41, 5.74) is 2.11. The number of carbonyl (C=O) groups is 1. The zero-order valence-corrected chi connectivity index (χ0v) is 21.6. The zero-order valence-electron chi connectivity index (χ0n) is 21.6. The van der Waals surface area contributed by atoms with Crippen LogP contribution in [0.4, 0.5) is 26.3 Å². The maximum absolute atomic E-state index is 13.6. The number of alkyl halides is 6. The molecule has 218 valence electrons. The number of H-pyrrole nitrogens is 1. The van der Waals surface area contributed by atoms with Crippen molar-refractivity contribution in [1.29, 1.82) is 0 Å². The van der Waals surface area contributed by atoms with E-state index in [-0.39, 0.29) is 34.2 Å². The molecule has 42 heavy (non-hydrogen) atoms. The number of carbonyl (C=O) groups excluding carboxylic acids is 1. The van der Waals surface area contributed by atoms with Gasteiger partial charge in [-0.25, -0.2) is 0 Å². The van der Waals surface area contributed by atoms with E-state index in [1.54, 1.807) is 43.0 Å². The lowest BCUT2D eigenvalue weighted by atomic mass is 9.98. The summed E-state index contributed by atoms with van der Waals surface area (Å²) in [5.74, 6) is -3.80. The van der Waals surface area contributed by atoms with E-state index in [1.807, 2.05) is 0 Å². The first-order valence-electron chi connectivity index (χ1n) is 12.2. The van der Waals surface area contributed by atoms with Gasteiger partial charge in [0.25, 0.3) is 5.91 Å². The van der Waals surface area contributed by atoms with Gasteiger partial charge < -0.3 is 13.9 Å². The number of rotatable bonds is 7. The SMILES string of the molecule is CC(c1ccc(-c2noc(C(F)(F)F)n2)cc1)N(C(=O)c1cn[nH]c1)C(C)c1ccc(-c2noc(C(F)(F)F)n2)cc1. The van der Waals surface area contributed by atoms with Crippen LogP contribution in [0.25, 0.3) is 22.8 Å². The number of nitrogens with one attached hydrogen (secondary N) is 1. The van der Waals surface area contributed by atoms with E-state index in [0.717, 1.165) is 0 Å². The predicted octanol–water partition coefficient (Wildman–Crippen LogP) is 6.51. The van der Waals surface area contributed by atoms with Gasteiger partial charge in [-0.05, 0) is 25.0 Å². The van der Waals surface area contributed by atoms with E-state index in [0.29, 0.717) is 11.1 Å². The Morgan fingerprint density at radius 3 is 1.52 bits per heavy atom. The number of benzene rings is 2. The lowest BCUT2D eigenvalue weighted by molar-refractivity contribution is -0.160. The molecule has 0 saturated heterocycles. The lowest BCUT2D eigenvalue weighted by Crippen LogP contribution is -2.35. The molecule has 0 bridgehead atoms. The van der Waals surface area contributed by atoms with E-state index >= 15 is 0 Å². The summed E-state index contributed by atoms with van der Waals surface area (Å²) in [5, 5.41) is 13.2. The van der Waals surface area contributed by atoms with Gasteiger partial charge >= 0.3 is 24.1 Å². The summed E-state index contributed by atoms with van der Waals surface area (Å²) >= 11 is 0. The summed E-state index contributed by atoms with van der Waals surface area (Å²) in [4.78, 5) is 21.9. The molecule has 0 aliphatic heterocycles. The Labute approximate surface area is 232 Å². The largest absolute Gasteiger partial charge is 0.471 e. The standard InChI is InChI=1S/C26H19F6N7O3/c1-13(15-3-7-17(8-4-15)20-35-23(41-37-20)25(27,28)29)39(22(40)19-11-33-34-12-19)14(2)16-5-9-18(10-6-16)21-36-24(42-38-21)26(30,31)32/h3-14H,1-2H3,(H,33,34). The third kappa shape index (κ3) is 5.73. The van der Waals surface area contributed by atoms with Crippen LogP contribution in [0.15, 0.2) is 70.0 Å². The normalized spacial score (nSPS) is 13.6. The fourth-order valence-corrected chi connectivity index (χ4v) is 4.26. The van der Waals surface area contributed by atoms with E-state index < -0.39 is 36.2 Å². The minimum absolute atomic E-state index is 0.245. The molecule has 3 heterocycles. The minimum atomic E-state index is -4.78. The second-order valence-electron chi connectivity index (χ2n) is 9.14. The van der Waals surface area contributed by atoms with Gasteiger partial charge in [-0.2, -0.15) is 41.4 Å². The van der Waals surface area contributed by atoms with Gasteiger partial charge in [0, 0.05) is 17.3 Å². The molecule has 2 unspecified atom stereocenters. The van der Waals surface area contributed by atoms with Crippen molar-refractivity contribution in [2.24, 2.45) is 0 Å². The third-order valence-corrected chi connectivity index (χ3v) is 6.45. The first-order chi connectivity index (χ1) is 19.8. The molecule has 5 aromatic rings. The summed E-state index contributed by atoms with van der Waals surface area (Å²) < 4.78 is 85.7. The predicted molar refractivity (Wildman–Crippen MR) is 131 cm³/mol. The van der Waals surface area contributed by atoms with Gasteiger partial charge in [0.2, 0.25) is 11.6 Å². The Balaban J connectivity index is 1.42. The van der Waals surface area contributed by atoms with Gasteiger partial charge in [0.1, 0.15) is 0 Å². The summed E-state index contributed by atoms with van der Waals surface area (Å²) in [7, 11) is 0. The van der Waals surface area contributed by atoms with Crippen LogP contribution in [0, 0.1) is 0 Å². The van der Waals surface area contributed by atoms with E-state index in [4.69, 9.17) is 0 Å². The number of halogens is 6. The maximum atomic E-state index is 13.6. The second kappa shape index (κ2) is 10.8. The van der Waals surface area contributed by atoms with Crippen molar-refractivity contribution in [3.63, 3.8) is 0 Å². The first-order valence-corrected chi connectivity index (χ1v) is 12.2. The Hall–Kier alpha value is -5.02. The maximum Gasteiger partial charge on any atom is 0.471 e. The van der Waals surface area contributed by atoms with Crippen molar-refractivity contribution in [3.8, 4) is 22.8 Å². The monoisotopic (exact) mass is 591 g/mol. The highest BCUT2D eigenvalue weighted by molar-refractivity contribution is 5.94. The van der Waals surface area contributed by atoms with Gasteiger partial charge in [-0.3, -0.25) is 9.89 Å². The van der Waals surface area contributed by atoms with Crippen molar-refractivity contribution in [2.45, 2.75) is 38.3 Å². The number of hydrogen-bond donors (Lipinski definition) is 1. The molecule has 0 fully saturated rings. The molecule has 16 heteroatoms. The van der Waals surface area contributed by atoms with Crippen molar-refractivity contribution in [1.82, 2.24) is 35.4 Å². The Morgan fingerprint density at radius 1 is 0.762 bits per heavy atom. The quantitative estimate of drug-likeness (QED) is 0.212. The lowest BCUT2D eigenvalue weighted by Gasteiger charge is -2.35. The molecular weight excluding hydrogens is 572 g/mol. The second-order valence-corrected chi connectivity index (χ2v) is 9.14. The van der Waals surface area contributed by atoms with E-state index in [1.165, 1.54) is 36.7 Å². The van der Waals surface area contributed by atoms with Gasteiger partial charge in [0.15, 0.2) is 0 Å². The van der Waals surface area contributed by atoms with Crippen molar-refractivity contribution in [2.75, 3.05) is 0 Å². The number of hydrogen-bond acceptors (Lipinski definition) is 8. The molecule has 2 aromatic carbocycles. The fraction of sp³-hybridized carbons (Fsp3) is 0.231. The van der Waals surface area contributed by atoms with Crippen LogP contribution in [0.3, 0.4) is 0 Å². The van der Waals surface area contributed by atoms with Crippen LogP contribution < -0.4 is 0 Å². The molecule has 2 atom stereocenters. The number of nitrogens with zero attached hydrogens (tertiary/aromatic N) is 6. The van der Waals surface area contributed by atoms with Crippen molar-refractivity contribution in [3.05, 3.63) is 89.4 Å². The highest BCUT2D eigenvalue weighted by Crippen LogP contribution is 2.35. The highest BCUT2D eigenvalue weighted by Gasteiger charge is 2.39. The number of aromatic nitrogens is 6. The highest BCUT2D eigenvalue weighted by atomic mass is 19.4. The molecule has 0 aliphatic carbocycles. The average molecular weight is 591 g/mol.